The minimum Gasteiger partial charge on any atom is -0.478 e. The standard InChI is InChI=1S/C12H13NO8/c1-3-13-7(11(18)19)5(9(14)15)6(10(16)17)8(13)12(20)21-4-2/h3-4H2,1-2H3,(H,14,15)(H,16,17)(H,18,19). The number of aromatic nitrogens is 1. The molecule has 9 nitrogen and oxygen atoms in total. The molecule has 0 aliphatic rings. The maximum absolute atomic E-state index is 11.9. The summed E-state index contributed by atoms with van der Waals surface area (Å²) in [6.07, 6.45) is 0. The third-order valence-corrected chi connectivity index (χ3v) is 2.68. The fourth-order valence-corrected chi connectivity index (χ4v) is 1.99. The molecule has 114 valence electrons. The number of carbonyl (C=O) groups is 4. The van der Waals surface area contributed by atoms with Crippen LogP contribution in [0.15, 0.2) is 0 Å². The monoisotopic (exact) mass is 299 g/mol. The second-order valence-corrected chi connectivity index (χ2v) is 3.83. The van der Waals surface area contributed by atoms with E-state index in [1.165, 1.54) is 13.8 Å². The Kier molecular flexibility index (Phi) is 4.69. The predicted molar refractivity (Wildman–Crippen MR) is 66.9 cm³/mol. The van der Waals surface area contributed by atoms with Crippen LogP contribution in [-0.4, -0.2) is 50.4 Å². The second-order valence-electron chi connectivity index (χ2n) is 3.83. The fraction of sp³-hybridized carbons (Fsp3) is 0.333. The predicted octanol–water partition coefficient (Wildman–Crippen LogP) is 0.779. The molecule has 0 spiro atoms. The van der Waals surface area contributed by atoms with Crippen LogP contribution in [0.4, 0.5) is 0 Å². The van der Waals surface area contributed by atoms with Gasteiger partial charge in [0.15, 0.2) is 0 Å². The van der Waals surface area contributed by atoms with Gasteiger partial charge < -0.3 is 24.6 Å². The van der Waals surface area contributed by atoms with Crippen molar-refractivity contribution in [3.8, 4) is 0 Å². The van der Waals surface area contributed by atoms with Gasteiger partial charge in [0.2, 0.25) is 0 Å². The van der Waals surface area contributed by atoms with Crippen LogP contribution in [0.3, 0.4) is 0 Å². The summed E-state index contributed by atoms with van der Waals surface area (Å²) in [4.78, 5) is 45.6. The van der Waals surface area contributed by atoms with Crippen LogP contribution in [0.2, 0.25) is 0 Å². The van der Waals surface area contributed by atoms with Gasteiger partial charge in [-0.05, 0) is 13.8 Å². The summed E-state index contributed by atoms with van der Waals surface area (Å²) in [5.74, 6) is -6.20. The van der Waals surface area contributed by atoms with Crippen LogP contribution >= 0.6 is 0 Å². The van der Waals surface area contributed by atoms with Crippen molar-refractivity contribution in [2.24, 2.45) is 0 Å². The van der Waals surface area contributed by atoms with E-state index >= 15 is 0 Å². The Morgan fingerprint density at radius 3 is 1.71 bits per heavy atom. The van der Waals surface area contributed by atoms with E-state index in [-0.39, 0.29) is 13.2 Å². The smallest absolute Gasteiger partial charge is 0.355 e. The van der Waals surface area contributed by atoms with Crippen LogP contribution in [0.25, 0.3) is 0 Å². The topological polar surface area (TPSA) is 143 Å². The van der Waals surface area contributed by atoms with Crippen molar-refractivity contribution in [1.82, 2.24) is 4.57 Å². The Bertz CT molecular complexity index is 628. The minimum atomic E-state index is -1.75. The van der Waals surface area contributed by atoms with Gasteiger partial charge in [-0.15, -0.1) is 0 Å². The number of nitrogens with zero attached hydrogens (tertiary/aromatic N) is 1. The molecule has 1 aromatic rings. The molecule has 0 saturated carbocycles. The number of hydrogen-bond acceptors (Lipinski definition) is 5. The summed E-state index contributed by atoms with van der Waals surface area (Å²) in [5, 5.41) is 27.4. The molecular formula is C12H13NO8. The Morgan fingerprint density at radius 2 is 1.38 bits per heavy atom. The first-order valence-electron chi connectivity index (χ1n) is 5.91. The molecule has 3 N–H and O–H groups in total. The zero-order chi connectivity index (χ0) is 16.3. The molecular weight excluding hydrogens is 286 g/mol. The van der Waals surface area contributed by atoms with E-state index in [4.69, 9.17) is 15.3 Å². The van der Waals surface area contributed by atoms with Gasteiger partial charge in [0.05, 0.1) is 6.61 Å². The third kappa shape index (κ3) is 2.71. The third-order valence-electron chi connectivity index (χ3n) is 2.68. The number of carbonyl (C=O) groups excluding carboxylic acids is 1. The van der Waals surface area contributed by atoms with E-state index in [0.717, 1.165) is 4.57 Å². The maximum Gasteiger partial charge on any atom is 0.355 e. The first-order valence-corrected chi connectivity index (χ1v) is 5.91. The molecule has 0 aromatic carbocycles. The normalized spacial score (nSPS) is 10.2. The second kappa shape index (κ2) is 6.07. The van der Waals surface area contributed by atoms with Crippen LogP contribution in [0.1, 0.15) is 55.5 Å². The number of ether oxygens (including phenoxy) is 1. The first-order chi connectivity index (χ1) is 9.77. The van der Waals surface area contributed by atoms with Gasteiger partial charge in [-0.3, -0.25) is 0 Å². The van der Waals surface area contributed by atoms with Crippen molar-refractivity contribution >= 4 is 23.9 Å². The Labute approximate surface area is 118 Å². The molecule has 21 heavy (non-hydrogen) atoms. The van der Waals surface area contributed by atoms with Crippen molar-refractivity contribution in [3.05, 3.63) is 22.5 Å². The molecule has 0 saturated heterocycles. The molecule has 1 heterocycles. The summed E-state index contributed by atoms with van der Waals surface area (Å²) >= 11 is 0. The molecule has 0 atom stereocenters. The largest absolute Gasteiger partial charge is 0.478 e. The van der Waals surface area contributed by atoms with Gasteiger partial charge in [0.1, 0.15) is 22.5 Å². The highest BCUT2D eigenvalue weighted by Crippen LogP contribution is 2.25. The van der Waals surface area contributed by atoms with Crippen molar-refractivity contribution in [3.63, 3.8) is 0 Å². The van der Waals surface area contributed by atoms with Gasteiger partial charge in [-0.1, -0.05) is 0 Å². The first kappa shape index (κ1) is 16.2. The summed E-state index contributed by atoms with van der Waals surface area (Å²) < 4.78 is 5.49. The lowest BCUT2D eigenvalue weighted by Crippen LogP contribution is -2.17. The lowest BCUT2D eigenvalue weighted by molar-refractivity contribution is 0.0501. The Morgan fingerprint density at radius 1 is 0.905 bits per heavy atom. The molecule has 0 unspecified atom stereocenters. The van der Waals surface area contributed by atoms with Crippen LogP contribution in [0.5, 0.6) is 0 Å². The van der Waals surface area contributed by atoms with Gasteiger partial charge in [0.25, 0.3) is 0 Å². The zero-order valence-electron chi connectivity index (χ0n) is 11.2. The molecule has 0 fully saturated rings. The number of carboxylic acid groups (broad SMARTS) is 3. The van der Waals surface area contributed by atoms with E-state index in [1.54, 1.807) is 0 Å². The van der Waals surface area contributed by atoms with Crippen LogP contribution in [-0.2, 0) is 11.3 Å². The van der Waals surface area contributed by atoms with Crippen molar-refractivity contribution in [2.45, 2.75) is 20.4 Å². The number of aromatic carboxylic acids is 3. The summed E-state index contributed by atoms with van der Waals surface area (Å²) in [6.45, 7) is 2.75. The van der Waals surface area contributed by atoms with E-state index in [9.17, 15) is 19.2 Å². The van der Waals surface area contributed by atoms with Crippen molar-refractivity contribution < 1.29 is 39.2 Å². The molecule has 0 aliphatic carbocycles. The number of rotatable bonds is 6. The summed E-state index contributed by atoms with van der Waals surface area (Å²) in [7, 11) is 0. The number of esters is 1. The Balaban J connectivity index is 3.88. The SMILES string of the molecule is CCOC(=O)c1c(C(=O)O)c(C(=O)O)c(C(=O)O)n1CC. The molecule has 1 rings (SSSR count). The summed E-state index contributed by atoms with van der Waals surface area (Å²) in [6, 6.07) is 0. The zero-order valence-corrected chi connectivity index (χ0v) is 11.2. The molecule has 0 amide bonds. The van der Waals surface area contributed by atoms with Crippen molar-refractivity contribution in [1.29, 1.82) is 0 Å². The average molecular weight is 299 g/mol. The van der Waals surface area contributed by atoms with Crippen LogP contribution in [0, 0.1) is 0 Å². The van der Waals surface area contributed by atoms with Crippen LogP contribution < -0.4 is 0 Å². The van der Waals surface area contributed by atoms with Gasteiger partial charge in [-0.2, -0.15) is 0 Å². The van der Waals surface area contributed by atoms with Gasteiger partial charge in [0, 0.05) is 6.54 Å². The Hall–Kier alpha value is -2.84. The number of carboxylic acids is 3. The summed E-state index contributed by atoms with van der Waals surface area (Å²) in [5.41, 5.74) is -3.20. The van der Waals surface area contributed by atoms with E-state index in [0.29, 0.717) is 0 Å². The molecule has 1 aromatic heterocycles. The van der Waals surface area contributed by atoms with E-state index in [1.807, 2.05) is 0 Å². The molecule has 0 radical (unpaired) electrons. The lowest BCUT2D eigenvalue weighted by Gasteiger charge is -2.08. The molecule has 0 bridgehead atoms. The highest BCUT2D eigenvalue weighted by Gasteiger charge is 2.37. The van der Waals surface area contributed by atoms with E-state index in [2.05, 4.69) is 4.74 Å². The highest BCUT2D eigenvalue weighted by atomic mass is 16.5. The average Bonchev–Trinajstić information content (AvgIpc) is 2.74. The fourth-order valence-electron chi connectivity index (χ4n) is 1.99. The maximum atomic E-state index is 11.9. The number of hydrogen-bond donors (Lipinski definition) is 3. The molecule has 0 aliphatic heterocycles. The minimum absolute atomic E-state index is 0.0718. The van der Waals surface area contributed by atoms with E-state index < -0.39 is 46.4 Å². The molecule has 9 heteroatoms. The van der Waals surface area contributed by atoms with Crippen molar-refractivity contribution in [2.75, 3.05) is 6.61 Å². The quantitative estimate of drug-likeness (QED) is 0.654. The van der Waals surface area contributed by atoms with Gasteiger partial charge in [-0.25, -0.2) is 19.2 Å². The lowest BCUT2D eigenvalue weighted by atomic mass is 10.1. The highest BCUT2D eigenvalue weighted by molar-refractivity contribution is 6.14. The van der Waals surface area contributed by atoms with Gasteiger partial charge >= 0.3 is 23.9 Å².